The molecule has 2 aromatic carbocycles. The van der Waals surface area contributed by atoms with Crippen molar-refractivity contribution in [3.05, 3.63) is 76.8 Å². The fraction of sp³-hybridized carbons (Fsp3) is 0.240. The minimum Gasteiger partial charge on any atom is -0.349 e. The molecule has 0 spiro atoms. The van der Waals surface area contributed by atoms with Crippen molar-refractivity contribution in [1.82, 2.24) is 14.6 Å². The molecule has 1 aliphatic heterocycles. The summed E-state index contributed by atoms with van der Waals surface area (Å²) in [6.07, 6.45) is 5.25. The maximum Gasteiger partial charge on any atom is 0.165 e. The summed E-state index contributed by atoms with van der Waals surface area (Å²) in [6, 6.07) is 13.9. The minimum atomic E-state index is -2.59. The lowest BCUT2D eigenvalue weighted by atomic mass is 10.0. The first-order valence-corrected chi connectivity index (χ1v) is 13.9. The molecule has 0 saturated carbocycles. The van der Waals surface area contributed by atoms with Gasteiger partial charge in [-0.05, 0) is 68.1 Å². The van der Waals surface area contributed by atoms with Gasteiger partial charge in [-0.2, -0.15) is 10.4 Å². The van der Waals surface area contributed by atoms with E-state index < -0.39 is 7.14 Å². The van der Waals surface area contributed by atoms with Crippen molar-refractivity contribution in [3.8, 4) is 17.2 Å². The van der Waals surface area contributed by atoms with Crippen LogP contribution in [0, 0.1) is 17.1 Å². The molecular formula is C25H22ClFN5OP. The fourth-order valence-electron chi connectivity index (χ4n) is 4.62. The van der Waals surface area contributed by atoms with E-state index >= 15 is 0 Å². The highest BCUT2D eigenvalue weighted by Crippen LogP contribution is 2.39. The molecule has 6 nitrogen and oxygen atoms in total. The second-order valence-electron chi connectivity index (χ2n) is 8.82. The first-order chi connectivity index (χ1) is 16.3. The number of nitrogens with zero attached hydrogens (tertiary/aromatic N) is 5. The summed E-state index contributed by atoms with van der Waals surface area (Å²) in [5.74, 6) is 0.445. The Hall–Kier alpha value is -3.20. The van der Waals surface area contributed by atoms with Gasteiger partial charge in [0.1, 0.15) is 18.8 Å². The molecule has 0 bridgehead atoms. The molecule has 34 heavy (non-hydrogen) atoms. The zero-order valence-corrected chi connectivity index (χ0v) is 20.4. The smallest absolute Gasteiger partial charge is 0.165 e. The number of fused-ring (bicyclic) bond motifs is 1. The number of aromatic nitrogens is 3. The molecule has 1 saturated heterocycles. The van der Waals surface area contributed by atoms with E-state index in [1.54, 1.807) is 48.3 Å². The van der Waals surface area contributed by atoms with E-state index in [0.717, 1.165) is 36.3 Å². The summed E-state index contributed by atoms with van der Waals surface area (Å²) < 4.78 is 28.9. The minimum absolute atomic E-state index is 0.159. The highest BCUT2D eigenvalue weighted by Gasteiger charge is 2.30. The Morgan fingerprint density at radius 3 is 2.79 bits per heavy atom. The number of halogens is 2. The van der Waals surface area contributed by atoms with Crippen LogP contribution in [0.5, 0.6) is 0 Å². The Bertz CT molecular complexity index is 1510. The summed E-state index contributed by atoms with van der Waals surface area (Å²) >= 11 is 6.15. The van der Waals surface area contributed by atoms with Crippen LogP contribution in [0.15, 0.2) is 54.9 Å². The average Bonchev–Trinajstić information content (AvgIpc) is 3.46. The Kier molecular flexibility index (Phi) is 5.67. The van der Waals surface area contributed by atoms with Crippen LogP contribution in [0.4, 0.5) is 10.2 Å². The molecule has 2 aromatic heterocycles. The van der Waals surface area contributed by atoms with Crippen LogP contribution >= 0.6 is 18.7 Å². The van der Waals surface area contributed by atoms with E-state index in [9.17, 15) is 14.2 Å². The molecule has 1 unspecified atom stereocenters. The Labute approximate surface area is 202 Å². The SMILES string of the molecule is CP(C)(=O)c1ccc(-c2cnn3ccc(N4CCCC4c4cc(Cl)ccc4F)nc23)cc1C#N. The summed E-state index contributed by atoms with van der Waals surface area (Å²) in [4.78, 5) is 6.98. The van der Waals surface area contributed by atoms with Gasteiger partial charge in [-0.1, -0.05) is 17.7 Å². The third-order valence-electron chi connectivity index (χ3n) is 6.23. The van der Waals surface area contributed by atoms with Gasteiger partial charge in [0.05, 0.1) is 23.9 Å². The molecule has 1 aliphatic rings. The lowest BCUT2D eigenvalue weighted by Gasteiger charge is -2.26. The molecule has 9 heteroatoms. The summed E-state index contributed by atoms with van der Waals surface area (Å²) in [5, 5.41) is 15.1. The van der Waals surface area contributed by atoms with Crippen LogP contribution in [0.2, 0.25) is 5.02 Å². The number of benzene rings is 2. The van der Waals surface area contributed by atoms with Crippen molar-refractivity contribution in [2.45, 2.75) is 18.9 Å². The lowest BCUT2D eigenvalue weighted by molar-refractivity contribution is 0.579. The average molecular weight is 494 g/mol. The van der Waals surface area contributed by atoms with Gasteiger partial charge < -0.3 is 9.46 Å². The van der Waals surface area contributed by atoms with Gasteiger partial charge in [0.15, 0.2) is 5.65 Å². The van der Waals surface area contributed by atoms with Crippen molar-refractivity contribution in [2.75, 3.05) is 24.8 Å². The normalized spacial score (nSPS) is 16.2. The van der Waals surface area contributed by atoms with Gasteiger partial charge in [0.2, 0.25) is 0 Å². The number of nitriles is 1. The second kappa shape index (κ2) is 8.54. The largest absolute Gasteiger partial charge is 0.349 e. The number of rotatable bonds is 4. The highest BCUT2D eigenvalue weighted by molar-refractivity contribution is 7.70. The van der Waals surface area contributed by atoms with E-state index in [2.05, 4.69) is 16.1 Å². The van der Waals surface area contributed by atoms with E-state index in [4.69, 9.17) is 16.6 Å². The predicted molar refractivity (Wildman–Crippen MR) is 133 cm³/mol. The van der Waals surface area contributed by atoms with Gasteiger partial charge in [-0.25, -0.2) is 13.9 Å². The summed E-state index contributed by atoms with van der Waals surface area (Å²) in [6.45, 7) is 4.06. The van der Waals surface area contributed by atoms with Gasteiger partial charge in [-0.3, -0.25) is 0 Å². The zero-order valence-electron chi connectivity index (χ0n) is 18.7. The monoisotopic (exact) mass is 493 g/mol. The van der Waals surface area contributed by atoms with E-state index in [1.807, 2.05) is 18.3 Å². The number of hydrogen-bond acceptors (Lipinski definition) is 5. The number of hydrogen-bond donors (Lipinski definition) is 0. The molecular weight excluding hydrogens is 472 g/mol. The maximum atomic E-state index is 14.6. The summed E-state index contributed by atoms with van der Waals surface area (Å²) in [7, 11) is -2.59. The van der Waals surface area contributed by atoms with Crippen molar-refractivity contribution in [2.24, 2.45) is 0 Å². The molecule has 0 aliphatic carbocycles. The third kappa shape index (κ3) is 3.98. The first-order valence-electron chi connectivity index (χ1n) is 10.9. The second-order valence-corrected chi connectivity index (χ2v) is 12.4. The Morgan fingerprint density at radius 2 is 2.03 bits per heavy atom. The Balaban J connectivity index is 1.57. The molecule has 172 valence electrons. The van der Waals surface area contributed by atoms with Crippen LogP contribution in [-0.4, -0.2) is 34.5 Å². The van der Waals surface area contributed by atoms with Crippen molar-refractivity contribution < 1.29 is 8.96 Å². The van der Waals surface area contributed by atoms with Crippen LogP contribution < -0.4 is 10.2 Å². The summed E-state index contributed by atoms with van der Waals surface area (Å²) in [5.41, 5.74) is 3.11. The predicted octanol–water partition coefficient (Wildman–Crippen LogP) is 5.65. The van der Waals surface area contributed by atoms with Crippen molar-refractivity contribution in [1.29, 1.82) is 5.26 Å². The van der Waals surface area contributed by atoms with E-state index in [0.29, 0.717) is 27.1 Å². The third-order valence-corrected chi connectivity index (χ3v) is 8.01. The topological polar surface area (TPSA) is 74.3 Å². The van der Waals surface area contributed by atoms with Gasteiger partial charge >= 0.3 is 0 Å². The van der Waals surface area contributed by atoms with Crippen LogP contribution in [0.1, 0.15) is 30.0 Å². The van der Waals surface area contributed by atoms with E-state index in [-0.39, 0.29) is 11.9 Å². The number of anilines is 1. The molecule has 0 radical (unpaired) electrons. The Morgan fingerprint density at radius 1 is 1.21 bits per heavy atom. The van der Waals surface area contributed by atoms with E-state index in [1.165, 1.54) is 6.07 Å². The zero-order chi connectivity index (χ0) is 24.0. The van der Waals surface area contributed by atoms with Gasteiger partial charge in [0, 0.05) is 34.2 Å². The highest BCUT2D eigenvalue weighted by atomic mass is 35.5. The molecule has 1 atom stereocenters. The molecule has 1 fully saturated rings. The van der Waals surface area contributed by atoms with Crippen LogP contribution in [-0.2, 0) is 4.57 Å². The quantitative estimate of drug-likeness (QED) is 0.343. The molecule has 0 N–H and O–H groups in total. The first kappa shape index (κ1) is 22.6. The lowest BCUT2D eigenvalue weighted by Crippen LogP contribution is -2.24. The standard InChI is InChI=1S/C25H22ClFN5OP/c1-34(2,33)23-8-5-16(12-17(23)14-28)20-15-29-32-11-9-24(30-25(20)32)31-10-3-4-22(31)19-13-18(26)6-7-21(19)27/h5-9,11-13,15,22H,3-4,10H2,1-2H3. The van der Waals surface area contributed by atoms with Gasteiger partial charge in [-0.15, -0.1) is 0 Å². The van der Waals surface area contributed by atoms with Gasteiger partial charge in [0.25, 0.3) is 0 Å². The molecule has 3 heterocycles. The van der Waals surface area contributed by atoms with Crippen molar-refractivity contribution in [3.63, 3.8) is 0 Å². The van der Waals surface area contributed by atoms with Crippen LogP contribution in [0.25, 0.3) is 16.8 Å². The van der Waals surface area contributed by atoms with Crippen molar-refractivity contribution >= 4 is 35.5 Å². The fourth-order valence-corrected chi connectivity index (χ4v) is 5.93. The van der Waals surface area contributed by atoms with Crippen LogP contribution in [0.3, 0.4) is 0 Å². The molecule has 0 amide bonds. The molecule has 5 rings (SSSR count). The molecule has 4 aromatic rings. The maximum absolute atomic E-state index is 14.6.